The monoisotopic (exact) mass is 282 g/mol. The van der Waals surface area contributed by atoms with Gasteiger partial charge in [0, 0.05) is 17.0 Å². The normalized spacial score (nSPS) is 12.3. The maximum Gasteiger partial charge on any atom is 0.276 e. The molecule has 0 saturated carbocycles. The van der Waals surface area contributed by atoms with E-state index in [0.717, 1.165) is 0 Å². The lowest BCUT2D eigenvalue weighted by Gasteiger charge is -2.22. The third-order valence-corrected chi connectivity index (χ3v) is 2.75. The number of nitrogens with zero attached hydrogens (tertiary/aromatic N) is 1. The lowest BCUT2D eigenvalue weighted by molar-refractivity contribution is -0.00972. The van der Waals surface area contributed by atoms with Crippen molar-refractivity contribution in [3.05, 3.63) is 29.6 Å². The van der Waals surface area contributed by atoms with Gasteiger partial charge >= 0.3 is 0 Å². The molecule has 4 nitrogen and oxygen atoms in total. The summed E-state index contributed by atoms with van der Waals surface area (Å²) in [6.07, 6.45) is 1.66. The van der Waals surface area contributed by atoms with Crippen LogP contribution < -0.4 is 5.48 Å². The number of aromatic nitrogens is 1. The van der Waals surface area contributed by atoms with Gasteiger partial charge in [0.25, 0.3) is 5.91 Å². The fraction of sp³-hybridized carbons (Fsp3) is 0.600. The van der Waals surface area contributed by atoms with Crippen LogP contribution in [0.5, 0.6) is 0 Å². The number of carbonyl (C=O) groups is 1. The van der Waals surface area contributed by atoms with Crippen LogP contribution in [0.15, 0.2) is 18.3 Å². The van der Waals surface area contributed by atoms with E-state index in [9.17, 15) is 9.18 Å². The molecule has 1 heterocycles. The Balaban J connectivity index is 2.74. The quantitative estimate of drug-likeness (QED) is 0.845. The number of amides is 1. The molecule has 0 aromatic carbocycles. The summed E-state index contributed by atoms with van der Waals surface area (Å²) < 4.78 is 12.6. The Morgan fingerprint density at radius 3 is 2.55 bits per heavy atom. The predicted molar refractivity (Wildman–Crippen MR) is 76.1 cm³/mol. The van der Waals surface area contributed by atoms with E-state index in [0.29, 0.717) is 11.3 Å². The van der Waals surface area contributed by atoms with Gasteiger partial charge < -0.3 is 0 Å². The van der Waals surface area contributed by atoms with Crippen molar-refractivity contribution in [2.75, 3.05) is 13.3 Å². The highest BCUT2D eigenvalue weighted by Crippen LogP contribution is 2.23. The van der Waals surface area contributed by atoms with E-state index < -0.39 is 12.1 Å². The molecule has 0 atom stereocenters. The molecule has 0 saturated heterocycles. The van der Waals surface area contributed by atoms with Crippen molar-refractivity contribution in [3.63, 3.8) is 0 Å². The number of nitrogens with one attached hydrogen (secondary N) is 1. The van der Waals surface area contributed by atoms with Gasteiger partial charge in [-0.15, -0.1) is 0 Å². The van der Waals surface area contributed by atoms with Gasteiger partial charge in [-0.3, -0.25) is 19.0 Å². The van der Waals surface area contributed by atoms with E-state index in [1.807, 2.05) is 20.8 Å². The van der Waals surface area contributed by atoms with Gasteiger partial charge in [0.2, 0.25) is 0 Å². The minimum absolute atomic E-state index is 0.111. The van der Waals surface area contributed by atoms with Crippen molar-refractivity contribution in [1.29, 1.82) is 0 Å². The second-order valence-electron chi connectivity index (χ2n) is 6.67. The lowest BCUT2D eigenvalue weighted by Crippen LogP contribution is -2.32. The third-order valence-electron chi connectivity index (χ3n) is 2.75. The minimum atomic E-state index is -0.616. The molecular formula is C15H23FN2O2. The molecule has 0 spiro atoms. The van der Waals surface area contributed by atoms with E-state index >= 15 is 0 Å². The Labute approximate surface area is 119 Å². The molecule has 0 aliphatic rings. The zero-order chi connectivity index (χ0) is 15.4. The number of hydroxylamine groups is 1. The second-order valence-corrected chi connectivity index (χ2v) is 6.67. The summed E-state index contributed by atoms with van der Waals surface area (Å²) in [6, 6.07) is 3.40. The van der Waals surface area contributed by atoms with Gasteiger partial charge in [0.15, 0.2) is 0 Å². The summed E-state index contributed by atoms with van der Waals surface area (Å²) in [4.78, 5) is 21.5. The van der Waals surface area contributed by atoms with Crippen molar-refractivity contribution >= 4 is 5.91 Å². The van der Waals surface area contributed by atoms with Crippen LogP contribution in [0.25, 0.3) is 0 Å². The average molecular weight is 282 g/mol. The fourth-order valence-corrected chi connectivity index (χ4v) is 1.58. The molecule has 112 valence electrons. The zero-order valence-electron chi connectivity index (χ0n) is 12.8. The fourth-order valence-electron chi connectivity index (χ4n) is 1.58. The smallest absolute Gasteiger partial charge is 0.273 e. The molecule has 0 aliphatic heterocycles. The van der Waals surface area contributed by atoms with Crippen LogP contribution in [0, 0.1) is 5.41 Å². The van der Waals surface area contributed by atoms with Crippen molar-refractivity contribution in [2.24, 2.45) is 5.41 Å². The number of halogens is 1. The summed E-state index contributed by atoms with van der Waals surface area (Å²) >= 11 is 0. The standard InChI is InChI=1S/C15H23FN2O2/c1-14(2,3)12-11(7-6-8-17-12)13(19)18-20-10-15(4,5)9-16/h6-8H,9-10H2,1-5H3,(H,18,19). The van der Waals surface area contributed by atoms with E-state index in [4.69, 9.17) is 4.84 Å². The molecule has 0 aliphatic carbocycles. The summed E-state index contributed by atoms with van der Waals surface area (Å²) in [7, 11) is 0. The number of rotatable bonds is 5. The van der Waals surface area contributed by atoms with Crippen molar-refractivity contribution in [3.8, 4) is 0 Å². The first-order chi connectivity index (χ1) is 9.17. The topological polar surface area (TPSA) is 51.2 Å². The number of pyridine rings is 1. The minimum Gasteiger partial charge on any atom is -0.273 e. The Kier molecular flexibility index (Phi) is 5.22. The van der Waals surface area contributed by atoms with Crippen molar-refractivity contribution in [1.82, 2.24) is 10.5 Å². The van der Waals surface area contributed by atoms with Crippen LogP contribution >= 0.6 is 0 Å². The van der Waals surface area contributed by atoms with Gasteiger partial charge in [-0.25, -0.2) is 5.48 Å². The molecule has 1 amide bonds. The van der Waals surface area contributed by atoms with Crippen molar-refractivity contribution in [2.45, 2.75) is 40.0 Å². The zero-order valence-corrected chi connectivity index (χ0v) is 12.8. The molecule has 0 unspecified atom stereocenters. The number of hydrogen-bond acceptors (Lipinski definition) is 3. The molecule has 0 bridgehead atoms. The molecule has 20 heavy (non-hydrogen) atoms. The van der Waals surface area contributed by atoms with E-state index in [1.165, 1.54) is 0 Å². The van der Waals surface area contributed by atoms with Crippen LogP contribution in [-0.4, -0.2) is 24.2 Å². The van der Waals surface area contributed by atoms with Gasteiger partial charge in [0.05, 0.1) is 24.5 Å². The van der Waals surface area contributed by atoms with Gasteiger partial charge in [0.1, 0.15) is 0 Å². The summed E-state index contributed by atoms with van der Waals surface area (Å²) in [5.74, 6) is -0.363. The van der Waals surface area contributed by atoms with Crippen LogP contribution in [0.4, 0.5) is 4.39 Å². The molecule has 0 fully saturated rings. The Morgan fingerprint density at radius 2 is 2.00 bits per heavy atom. The van der Waals surface area contributed by atoms with E-state index in [2.05, 4.69) is 10.5 Å². The maximum absolute atomic E-state index is 12.6. The maximum atomic E-state index is 12.6. The number of carbonyl (C=O) groups excluding carboxylic acids is 1. The molecule has 1 N–H and O–H groups in total. The van der Waals surface area contributed by atoms with Crippen LogP contribution in [-0.2, 0) is 10.3 Å². The third kappa shape index (κ3) is 4.56. The van der Waals surface area contributed by atoms with Crippen LogP contribution in [0.2, 0.25) is 0 Å². The first kappa shape index (κ1) is 16.6. The summed E-state index contributed by atoms with van der Waals surface area (Å²) in [6.45, 7) is 9.01. The van der Waals surface area contributed by atoms with Gasteiger partial charge in [-0.2, -0.15) is 0 Å². The lowest BCUT2D eigenvalue weighted by atomic mass is 9.88. The Morgan fingerprint density at radius 1 is 1.35 bits per heavy atom. The molecule has 0 radical (unpaired) electrons. The second kappa shape index (κ2) is 6.31. The number of hydrogen-bond donors (Lipinski definition) is 1. The Hall–Kier alpha value is -1.49. The molecule has 1 aromatic heterocycles. The highest BCUT2D eigenvalue weighted by molar-refractivity contribution is 5.94. The SMILES string of the molecule is CC(C)(CF)CONC(=O)c1cccnc1C(C)(C)C. The van der Waals surface area contributed by atoms with Crippen LogP contribution in [0.3, 0.4) is 0 Å². The van der Waals surface area contributed by atoms with Crippen LogP contribution in [0.1, 0.15) is 50.7 Å². The molecule has 5 heteroatoms. The summed E-state index contributed by atoms with van der Waals surface area (Å²) in [5.41, 5.74) is 2.67. The highest BCUT2D eigenvalue weighted by atomic mass is 19.1. The van der Waals surface area contributed by atoms with Gasteiger partial charge in [-0.1, -0.05) is 34.6 Å². The average Bonchev–Trinajstić information content (AvgIpc) is 2.37. The van der Waals surface area contributed by atoms with E-state index in [-0.39, 0.29) is 17.9 Å². The van der Waals surface area contributed by atoms with Gasteiger partial charge in [-0.05, 0) is 12.1 Å². The predicted octanol–water partition coefficient (Wildman–Crippen LogP) is 3.04. The first-order valence-electron chi connectivity index (χ1n) is 6.61. The highest BCUT2D eigenvalue weighted by Gasteiger charge is 2.24. The molecular weight excluding hydrogens is 259 g/mol. The molecule has 1 rings (SSSR count). The first-order valence-corrected chi connectivity index (χ1v) is 6.61. The van der Waals surface area contributed by atoms with Crippen molar-refractivity contribution < 1.29 is 14.0 Å². The largest absolute Gasteiger partial charge is 0.276 e. The van der Waals surface area contributed by atoms with E-state index in [1.54, 1.807) is 32.2 Å². The molecule has 1 aromatic rings. The Bertz CT molecular complexity index is 467. The summed E-state index contributed by atoms with van der Waals surface area (Å²) in [5, 5.41) is 0. The number of alkyl halides is 1.